The molecule has 24 heavy (non-hydrogen) atoms. The van der Waals surface area contributed by atoms with Crippen LogP contribution in [-0.2, 0) is 22.9 Å². The molecular formula is C16H17ClN2O3S2. The Bertz CT molecular complexity index is 877. The molecule has 0 bridgehead atoms. The molecule has 0 saturated carbocycles. The molecule has 128 valence electrons. The van der Waals surface area contributed by atoms with Crippen molar-refractivity contribution in [3.8, 4) is 0 Å². The summed E-state index contributed by atoms with van der Waals surface area (Å²) in [6.45, 7) is 2.19. The lowest BCUT2D eigenvalue weighted by molar-refractivity contribution is 0.0949. The van der Waals surface area contributed by atoms with E-state index in [1.807, 2.05) is 6.07 Å². The zero-order valence-electron chi connectivity index (χ0n) is 13.0. The van der Waals surface area contributed by atoms with E-state index >= 15 is 0 Å². The average molecular weight is 385 g/mol. The number of rotatable bonds is 4. The lowest BCUT2D eigenvalue weighted by Crippen LogP contribution is -2.41. The predicted octanol–water partition coefficient (Wildman–Crippen LogP) is 3.15. The molecule has 5 nitrogen and oxygen atoms in total. The number of aryl methyl sites for hydroxylation is 1. The van der Waals surface area contributed by atoms with Gasteiger partial charge in [0.25, 0.3) is 15.9 Å². The van der Waals surface area contributed by atoms with Crippen LogP contribution in [0.15, 0.2) is 35.2 Å². The first-order chi connectivity index (χ1) is 11.3. The largest absolute Gasteiger partial charge is 0.276 e. The fraction of sp³-hybridized carbons (Fsp3) is 0.312. The van der Waals surface area contributed by atoms with Crippen LogP contribution >= 0.6 is 22.9 Å². The summed E-state index contributed by atoms with van der Waals surface area (Å²) in [6.07, 6.45) is 3.06. The molecule has 1 atom stereocenters. The maximum Gasteiger partial charge on any atom is 0.276 e. The van der Waals surface area contributed by atoms with Crippen molar-refractivity contribution >= 4 is 38.9 Å². The molecule has 2 aromatic rings. The smallest absolute Gasteiger partial charge is 0.273 e. The lowest BCUT2D eigenvalue weighted by Gasteiger charge is -2.16. The normalized spacial score (nSPS) is 17.3. The molecule has 1 aromatic carbocycles. The summed E-state index contributed by atoms with van der Waals surface area (Å²) in [5.74, 6) is 0.164. The summed E-state index contributed by atoms with van der Waals surface area (Å²) in [7, 11) is -3.86. The van der Waals surface area contributed by atoms with Crippen LogP contribution in [-0.4, -0.2) is 14.3 Å². The van der Waals surface area contributed by atoms with E-state index in [0.717, 1.165) is 19.3 Å². The number of hydrogen-bond acceptors (Lipinski definition) is 4. The van der Waals surface area contributed by atoms with Gasteiger partial charge >= 0.3 is 0 Å². The van der Waals surface area contributed by atoms with Crippen LogP contribution in [0.2, 0.25) is 5.02 Å². The Labute approximate surface area is 150 Å². The molecule has 0 aliphatic heterocycles. The first-order valence-corrected chi connectivity index (χ1v) is 10.2. The molecule has 1 unspecified atom stereocenters. The van der Waals surface area contributed by atoms with Crippen LogP contribution in [0.3, 0.4) is 0 Å². The Morgan fingerprint density at radius 1 is 1.33 bits per heavy atom. The molecule has 1 aromatic heterocycles. The number of carbonyl (C=O) groups is 1. The Morgan fingerprint density at radius 2 is 2.12 bits per heavy atom. The van der Waals surface area contributed by atoms with Gasteiger partial charge in [-0.05, 0) is 55.0 Å². The summed E-state index contributed by atoms with van der Waals surface area (Å²) in [6, 6.07) is 7.70. The standard InChI is InChI=1S/C16H17ClN2O3S2/c1-10-5-6-14-11(7-10)8-15(23-14)16(20)18-19-24(21,22)13-4-2-3-12(17)9-13/h2-4,8-10,19H,5-7H2,1H3,(H,18,20). The van der Waals surface area contributed by atoms with Gasteiger partial charge in [-0.3, -0.25) is 10.2 Å². The number of halogens is 1. The number of fused-ring (bicyclic) bond motifs is 1. The van der Waals surface area contributed by atoms with Crippen LogP contribution in [0.1, 0.15) is 33.5 Å². The lowest BCUT2D eigenvalue weighted by atomic mass is 9.90. The van der Waals surface area contributed by atoms with Crippen LogP contribution in [0.25, 0.3) is 0 Å². The highest BCUT2D eigenvalue weighted by Gasteiger charge is 2.22. The Kier molecular flexibility index (Phi) is 4.96. The zero-order chi connectivity index (χ0) is 17.3. The Morgan fingerprint density at radius 3 is 2.88 bits per heavy atom. The summed E-state index contributed by atoms with van der Waals surface area (Å²) in [4.78, 5) is 16.1. The third kappa shape index (κ3) is 3.80. The second kappa shape index (κ2) is 6.84. The van der Waals surface area contributed by atoms with Crippen LogP contribution in [0.5, 0.6) is 0 Å². The van der Waals surface area contributed by atoms with Crippen LogP contribution in [0, 0.1) is 5.92 Å². The van der Waals surface area contributed by atoms with E-state index in [1.54, 1.807) is 6.07 Å². The monoisotopic (exact) mass is 384 g/mol. The first kappa shape index (κ1) is 17.4. The number of amides is 1. The SMILES string of the molecule is CC1CCc2sc(C(=O)NNS(=O)(=O)c3cccc(Cl)c3)cc2C1. The van der Waals surface area contributed by atoms with Gasteiger partial charge in [-0.2, -0.15) is 0 Å². The predicted molar refractivity (Wildman–Crippen MR) is 94.7 cm³/mol. The first-order valence-electron chi connectivity index (χ1n) is 7.54. The van der Waals surface area contributed by atoms with E-state index in [9.17, 15) is 13.2 Å². The molecule has 1 aliphatic carbocycles. The maximum atomic E-state index is 12.2. The molecule has 1 aliphatic rings. The summed E-state index contributed by atoms with van der Waals surface area (Å²) >= 11 is 7.23. The fourth-order valence-corrected chi connectivity index (χ4v) is 4.93. The van der Waals surface area contributed by atoms with E-state index < -0.39 is 15.9 Å². The summed E-state index contributed by atoms with van der Waals surface area (Å²) in [5.41, 5.74) is 3.46. The molecule has 1 heterocycles. The highest BCUT2D eigenvalue weighted by molar-refractivity contribution is 7.89. The number of sulfonamides is 1. The van der Waals surface area contributed by atoms with Gasteiger partial charge in [0.05, 0.1) is 9.77 Å². The number of nitrogens with one attached hydrogen (secondary N) is 2. The average Bonchev–Trinajstić information content (AvgIpc) is 2.96. The van der Waals surface area contributed by atoms with Gasteiger partial charge in [0.15, 0.2) is 0 Å². The number of benzene rings is 1. The number of hydrazine groups is 1. The van der Waals surface area contributed by atoms with Crippen LogP contribution < -0.4 is 10.3 Å². The van der Waals surface area contributed by atoms with Gasteiger partial charge in [-0.25, -0.2) is 8.42 Å². The molecule has 1 amide bonds. The van der Waals surface area contributed by atoms with E-state index in [0.29, 0.717) is 15.8 Å². The summed E-state index contributed by atoms with van der Waals surface area (Å²) in [5, 5.41) is 0.309. The minimum absolute atomic E-state index is 0.00500. The Hall–Kier alpha value is -1.41. The van der Waals surface area contributed by atoms with Gasteiger partial charge in [-0.1, -0.05) is 24.6 Å². The van der Waals surface area contributed by atoms with E-state index in [-0.39, 0.29) is 4.90 Å². The van der Waals surface area contributed by atoms with Gasteiger partial charge in [0.2, 0.25) is 0 Å². The number of carbonyl (C=O) groups excluding carboxylic acids is 1. The van der Waals surface area contributed by atoms with Crippen molar-refractivity contribution in [3.63, 3.8) is 0 Å². The molecule has 0 radical (unpaired) electrons. The third-order valence-corrected chi connectivity index (χ3v) is 6.67. The summed E-state index contributed by atoms with van der Waals surface area (Å²) < 4.78 is 24.4. The van der Waals surface area contributed by atoms with E-state index in [4.69, 9.17) is 11.6 Å². The maximum absolute atomic E-state index is 12.2. The molecule has 0 spiro atoms. The van der Waals surface area contributed by atoms with Crippen molar-refractivity contribution in [2.75, 3.05) is 0 Å². The minimum Gasteiger partial charge on any atom is -0.273 e. The topological polar surface area (TPSA) is 75.3 Å². The van der Waals surface area contributed by atoms with E-state index in [1.165, 1.54) is 40.0 Å². The van der Waals surface area contributed by atoms with Crippen molar-refractivity contribution in [1.29, 1.82) is 0 Å². The van der Waals surface area contributed by atoms with Gasteiger partial charge in [-0.15, -0.1) is 16.2 Å². The van der Waals surface area contributed by atoms with Crippen molar-refractivity contribution in [2.24, 2.45) is 5.92 Å². The highest BCUT2D eigenvalue weighted by Crippen LogP contribution is 2.32. The molecular weight excluding hydrogens is 368 g/mol. The van der Waals surface area contributed by atoms with Crippen molar-refractivity contribution in [2.45, 2.75) is 31.1 Å². The number of hydrogen-bond donors (Lipinski definition) is 2. The zero-order valence-corrected chi connectivity index (χ0v) is 15.4. The quantitative estimate of drug-likeness (QED) is 0.795. The van der Waals surface area contributed by atoms with Gasteiger partial charge in [0.1, 0.15) is 0 Å². The fourth-order valence-electron chi connectivity index (χ4n) is 2.69. The minimum atomic E-state index is -3.86. The van der Waals surface area contributed by atoms with Crippen molar-refractivity contribution in [1.82, 2.24) is 10.3 Å². The Balaban J connectivity index is 1.69. The van der Waals surface area contributed by atoms with Crippen LogP contribution in [0.4, 0.5) is 0 Å². The van der Waals surface area contributed by atoms with Crippen molar-refractivity contribution < 1.29 is 13.2 Å². The molecule has 3 rings (SSSR count). The van der Waals surface area contributed by atoms with Gasteiger partial charge in [0, 0.05) is 9.90 Å². The van der Waals surface area contributed by atoms with Gasteiger partial charge < -0.3 is 0 Å². The molecule has 0 fully saturated rings. The van der Waals surface area contributed by atoms with Crippen molar-refractivity contribution in [3.05, 3.63) is 50.7 Å². The molecule has 2 N–H and O–H groups in total. The second-order valence-corrected chi connectivity index (χ2v) is 9.18. The second-order valence-electron chi connectivity index (χ2n) is 5.92. The highest BCUT2D eigenvalue weighted by atomic mass is 35.5. The third-order valence-electron chi connectivity index (χ3n) is 3.96. The molecule has 8 heteroatoms. The van der Waals surface area contributed by atoms with E-state index in [2.05, 4.69) is 17.2 Å². The number of thiophene rings is 1. The molecule has 0 saturated heterocycles.